The minimum atomic E-state index is -0.928. The first-order valence-electron chi connectivity index (χ1n) is 7.13. The van der Waals surface area contributed by atoms with E-state index in [2.05, 4.69) is 17.4 Å². The Kier molecular flexibility index (Phi) is 5.94. The lowest BCUT2D eigenvalue weighted by Crippen LogP contribution is -2.38. The van der Waals surface area contributed by atoms with Crippen LogP contribution < -0.4 is 15.8 Å². The van der Waals surface area contributed by atoms with Crippen molar-refractivity contribution in [3.05, 3.63) is 60.2 Å². The second-order valence-corrected chi connectivity index (χ2v) is 4.89. The summed E-state index contributed by atoms with van der Waals surface area (Å²) in [7, 11) is 0. The van der Waals surface area contributed by atoms with Crippen molar-refractivity contribution in [2.75, 3.05) is 18.5 Å². The zero-order chi connectivity index (χ0) is 15.8. The molecule has 0 saturated heterocycles. The molecule has 0 spiro atoms. The van der Waals surface area contributed by atoms with Crippen molar-refractivity contribution in [2.24, 2.45) is 5.73 Å². The van der Waals surface area contributed by atoms with Gasteiger partial charge in [0.1, 0.15) is 11.8 Å². The lowest BCUT2D eigenvalue weighted by atomic mass is 10.2. The molecule has 0 aliphatic carbocycles. The molecule has 2 aromatic rings. The maximum absolute atomic E-state index is 11.6. The molecule has 4 N–H and O–H groups in total. The van der Waals surface area contributed by atoms with E-state index in [-0.39, 0.29) is 6.61 Å². The molecular formula is C17H20N2O3. The van der Waals surface area contributed by atoms with Gasteiger partial charge in [0, 0.05) is 18.2 Å². The van der Waals surface area contributed by atoms with Gasteiger partial charge in [0.2, 0.25) is 5.91 Å². The van der Waals surface area contributed by atoms with Crippen molar-refractivity contribution < 1.29 is 14.6 Å². The summed E-state index contributed by atoms with van der Waals surface area (Å²) in [5.41, 5.74) is 7.25. The van der Waals surface area contributed by atoms with Crippen molar-refractivity contribution in [3.8, 4) is 5.75 Å². The third kappa shape index (κ3) is 4.87. The van der Waals surface area contributed by atoms with Gasteiger partial charge in [-0.15, -0.1) is 0 Å². The average molecular weight is 300 g/mol. The topological polar surface area (TPSA) is 84.6 Å². The van der Waals surface area contributed by atoms with Gasteiger partial charge < -0.3 is 20.9 Å². The molecule has 0 saturated carbocycles. The van der Waals surface area contributed by atoms with Crippen LogP contribution in [0, 0.1) is 0 Å². The molecule has 2 aromatic carbocycles. The number of rotatable bonds is 7. The number of hydrogen-bond acceptors (Lipinski definition) is 4. The monoisotopic (exact) mass is 300 g/mol. The summed E-state index contributed by atoms with van der Waals surface area (Å²) < 4.78 is 5.69. The fourth-order valence-electron chi connectivity index (χ4n) is 1.91. The van der Waals surface area contributed by atoms with E-state index < -0.39 is 11.9 Å². The van der Waals surface area contributed by atoms with E-state index in [1.165, 1.54) is 5.56 Å². The van der Waals surface area contributed by atoms with Gasteiger partial charge in [-0.2, -0.15) is 0 Å². The van der Waals surface area contributed by atoms with E-state index in [9.17, 15) is 4.79 Å². The molecule has 22 heavy (non-hydrogen) atoms. The van der Waals surface area contributed by atoms with Crippen molar-refractivity contribution in [1.29, 1.82) is 0 Å². The first kappa shape index (κ1) is 16.0. The Morgan fingerprint density at radius 2 is 1.95 bits per heavy atom. The molecule has 0 radical (unpaired) electrons. The van der Waals surface area contributed by atoms with Crippen LogP contribution in [0.5, 0.6) is 5.75 Å². The zero-order valence-electron chi connectivity index (χ0n) is 12.2. The predicted octanol–water partition coefficient (Wildman–Crippen LogP) is 1.57. The van der Waals surface area contributed by atoms with E-state index in [1.54, 1.807) is 18.2 Å². The molecule has 116 valence electrons. The highest BCUT2D eigenvalue weighted by molar-refractivity contribution is 5.94. The molecule has 2 rings (SSSR count). The van der Waals surface area contributed by atoms with E-state index in [0.29, 0.717) is 18.0 Å². The van der Waals surface area contributed by atoms with Crippen LogP contribution in [0.2, 0.25) is 0 Å². The second kappa shape index (κ2) is 8.17. The number of hydrogen-bond donors (Lipinski definition) is 3. The van der Waals surface area contributed by atoms with Crippen LogP contribution in [0.3, 0.4) is 0 Å². The van der Waals surface area contributed by atoms with E-state index in [1.807, 2.05) is 24.3 Å². The number of carbonyl (C=O) groups excluding carboxylic acids is 1. The molecule has 5 heteroatoms. The number of aliphatic hydroxyl groups excluding tert-OH is 1. The molecule has 5 nitrogen and oxygen atoms in total. The summed E-state index contributed by atoms with van der Waals surface area (Å²) in [4.78, 5) is 11.6. The summed E-state index contributed by atoms with van der Waals surface area (Å²) in [5.74, 6) is 0.246. The lowest BCUT2D eigenvalue weighted by Gasteiger charge is -2.11. The van der Waals surface area contributed by atoms with Crippen molar-refractivity contribution >= 4 is 11.6 Å². The summed E-state index contributed by atoms with van der Waals surface area (Å²) in [6.45, 7) is 0.163. The largest absolute Gasteiger partial charge is 0.493 e. The number of aliphatic hydroxyl groups is 1. The zero-order valence-corrected chi connectivity index (χ0v) is 12.2. The third-order valence-corrected chi connectivity index (χ3v) is 3.14. The highest BCUT2D eigenvalue weighted by Gasteiger charge is 2.12. The van der Waals surface area contributed by atoms with Crippen LogP contribution in [0.1, 0.15) is 5.56 Å². The highest BCUT2D eigenvalue weighted by atomic mass is 16.5. The number of carbonyl (C=O) groups is 1. The molecule has 0 aliphatic rings. The molecule has 1 atom stereocenters. The molecule has 0 bridgehead atoms. The number of nitrogens with two attached hydrogens (primary N) is 1. The quantitative estimate of drug-likeness (QED) is 0.724. The number of benzene rings is 2. The molecule has 0 unspecified atom stereocenters. The third-order valence-electron chi connectivity index (χ3n) is 3.14. The number of amides is 1. The van der Waals surface area contributed by atoms with Crippen LogP contribution >= 0.6 is 0 Å². The number of ether oxygens (including phenoxy) is 1. The Hall–Kier alpha value is -2.37. The standard InChI is InChI=1S/C17H20N2O3/c18-16(12-20)17(21)19-14-7-4-8-15(11-14)22-10-9-13-5-2-1-3-6-13/h1-8,11,16,20H,9-10,12,18H2,(H,19,21)/t16-/m1/s1. The van der Waals surface area contributed by atoms with Gasteiger partial charge in [-0.05, 0) is 17.7 Å². The van der Waals surface area contributed by atoms with Crippen LogP contribution in [-0.4, -0.2) is 30.3 Å². The van der Waals surface area contributed by atoms with Crippen LogP contribution in [0.15, 0.2) is 54.6 Å². The van der Waals surface area contributed by atoms with Crippen LogP contribution in [0.25, 0.3) is 0 Å². The van der Waals surface area contributed by atoms with Crippen molar-refractivity contribution in [2.45, 2.75) is 12.5 Å². The van der Waals surface area contributed by atoms with Gasteiger partial charge in [0.15, 0.2) is 0 Å². The molecule has 0 aromatic heterocycles. The van der Waals surface area contributed by atoms with Gasteiger partial charge in [0.25, 0.3) is 0 Å². The SMILES string of the molecule is N[C@H](CO)C(=O)Nc1cccc(OCCc2ccccc2)c1. The van der Waals surface area contributed by atoms with E-state index in [0.717, 1.165) is 6.42 Å². The summed E-state index contributed by atoms with van der Waals surface area (Å²) >= 11 is 0. The molecule has 1 amide bonds. The van der Waals surface area contributed by atoms with E-state index in [4.69, 9.17) is 15.6 Å². The Balaban J connectivity index is 1.87. The van der Waals surface area contributed by atoms with Gasteiger partial charge >= 0.3 is 0 Å². The molecule has 0 fully saturated rings. The summed E-state index contributed by atoms with van der Waals surface area (Å²) in [5, 5.41) is 11.5. The first-order valence-corrected chi connectivity index (χ1v) is 7.13. The normalized spacial score (nSPS) is 11.7. The summed E-state index contributed by atoms with van der Waals surface area (Å²) in [6.07, 6.45) is 0.812. The average Bonchev–Trinajstić information content (AvgIpc) is 2.55. The highest BCUT2D eigenvalue weighted by Crippen LogP contribution is 2.17. The second-order valence-electron chi connectivity index (χ2n) is 4.89. The van der Waals surface area contributed by atoms with Crippen molar-refractivity contribution in [3.63, 3.8) is 0 Å². The Morgan fingerprint density at radius 1 is 1.18 bits per heavy atom. The van der Waals surface area contributed by atoms with Gasteiger partial charge in [0.05, 0.1) is 13.2 Å². The fraction of sp³-hybridized carbons (Fsp3) is 0.235. The molecule has 0 heterocycles. The van der Waals surface area contributed by atoms with Crippen LogP contribution in [-0.2, 0) is 11.2 Å². The molecular weight excluding hydrogens is 280 g/mol. The Labute approximate surface area is 129 Å². The van der Waals surface area contributed by atoms with Crippen molar-refractivity contribution in [1.82, 2.24) is 0 Å². The maximum Gasteiger partial charge on any atom is 0.243 e. The Morgan fingerprint density at radius 3 is 2.68 bits per heavy atom. The van der Waals surface area contributed by atoms with Gasteiger partial charge in [-0.1, -0.05) is 36.4 Å². The number of anilines is 1. The predicted molar refractivity (Wildman–Crippen MR) is 85.8 cm³/mol. The van der Waals surface area contributed by atoms with E-state index >= 15 is 0 Å². The van der Waals surface area contributed by atoms with Crippen LogP contribution in [0.4, 0.5) is 5.69 Å². The molecule has 0 aliphatic heterocycles. The lowest BCUT2D eigenvalue weighted by molar-refractivity contribution is -0.118. The maximum atomic E-state index is 11.6. The fourth-order valence-corrected chi connectivity index (χ4v) is 1.91. The van der Waals surface area contributed by atoms with Gasteiger partial charge in [-0.25, -0.2) is 0 Å². The smallest absolute Gasteiger partial charge is 0.243 e. The minimum absolute atomic E-state index is 0.390. The first-order chi connectivity index (χ1) is 10.7. The summed E-state index contributed by atoms with van der Waals surface area (Å²) in [6, 6.07) is 16.2. The minimum Gasteiger partial charge on any atom is -0.493 e. The number of nitrogens with one attached hydrogen (secondary N) is 1. The van der Waals surface area contributed by atoms with Gasteiger partial charge in [-0.3, -0.25) is 4.79 Å². The Bertz CT molecular complexity index is 602.